The lowest BCUT2D eigenvalue weighted by Crippen LogP contribution is -2.32. The highest BCUT2D eigenvalue weighted by Gasteiger charge is 2.19. The zero-order valence-corrected chi connectivity index (χ0v) is 16.7. The van der Waals surface area contributed by atoms with Gasteiger partial charge in [0, 0.05) is 11.6 Å². The Morgan fingerprint density at radius 2 is 1.69 bits per heavy atom. The van der Waals surface area contributed by atoms with Crippen molar-refractivity contribution < 1.29 is 23.8 Å². The van der Waals surface area contributed by atoms with Gasteiger partial charge in [-0.1, -0.05) is 25.0 Å². The van der Waals surface area contributed by atoms with Gasteiger partial charge in [0.15, 0.2) is 18.1 Å². The summed E-state index contributed by atoms with van der Waals surface area (Å²) in [5, 5.41) is 5.79. The molecule has 2 amide bonds. The van der Waals surface area contributed by atoms with Gasteiger partial charge in [0.1, 0.15) is 5.75 Å². The van der Waals surface area contributed by atoms with Gasteiger partial charge in [0.25, 0.3) is 11.8 Å². The topological polar surface area (TPSA) is 85.9 Å². The third-order valence-corrected chi connectivity index (χ3v) is 4.86. The van der Waals surface area contributed by atoms with Crippen LogP contribution in [0, 0.1) is 0 Å². The van der Waals surface area contributed by atoms with Crippen molar-refractivity contribution in [3.8, 4) is 17.2 Å². The van der Waals surface area contributed by atoms with E-state index < -0.39 is 0 Å². The predicted molar refractivity (Wildman–Crippen MR) is 110 cm³/mol. The van der Waals surface area contributed by atoms with E-state index in [2.05, 4.69) is 10.6 Å². The van der Waals surface area contributed by atoms with Crippen LogP contribution in [0.5, 0.6) is 17.2 Å². The molecular weight excluding hydrogens is 372 g/mol. The van der Waals surface area contributed by atoms with E-state index in [0.29, 0.717) is 28.5 Å². The van der Waals surface area contributed by atoms with Gasteiger partial charge in [-0.3, -0.25) is 9.59 Å². The first-order valence-electron chi connectivity index (χ1n) is 9.65. The van der Waals surface area contributed by atoms with E-state index in [4.69, 9.17) is 14.2 Å². The Balaban J connectivity index is 1.60. The normalized spacial score (nSPS) is 13.6. The predicted octanol–water partition coefficient (Wildman–Crippen LogP) is 3.39. The highest BCUT2D eigenvalue weighted by molar-refractivity contribution is 5.95. The van der Waals surface area contributed by atoms with Crippen LogP contribution in [-0.2, 0) is 4.79 Å². The minimum absolute atomic E-state index is 0.129. The lowest BCUT2D eigenvalue weighted by Gasteiger charge is -2.15. The molecule has 1 fully saturated rings. The summed E-state index contributed by atoms with van der Waals surface area (Å²) in [5.74, 6) is 0.889. The Kier molecular flexibility index (Phi) is 6.94. The lowest BCUT2D eigenvalue weighted by atomic mass is 10.1. The molecule has 1 saturated carbocycles. The Labute approximate surface area is 170 Å². The second kappa shape index (κ2) is 9.82. The largest absolute Gasteiger partial charge is 0.495 e. The smallest absolute Gasteiger partial charge is 0.262 e. The van der Waals surface area contributed by atoms with Crippen molar-refractivity contribution in [2.24, 2.45) is 0 Å². The summed E-state index contributed by atoms with van der Waals surface area (Å²) in [6.07, 6.45) is 4.34. The van der Waals surface area contributed by atoms with Crippen LogP contribution in [0.2, 0.25) is 0 Å². The number of nitrogens with one attached hydrogen (secondary N) is 2. The molecule has 7 nitrogen and oxygen atoms in total. The number of anilines is 1. The van der Waals surface area contributed by atoms with Gasteiger partial charge >= 0.3 is 0 Å². The van der Waals surface area contributed by atoms with Crippen LogP contribution >= 0.6 is 0 Å². The Bertz CT molecular complexity index is 862. The zero-order valence-electron chi connectivity index (χ0n) is 16.7. The molecule has 154 valence electrons. The first-order chi connectivity index (χ1) is 14.1. The zero-order chi connectivity index (χ0) is 20.6. The number of amides is 2. The summed E-state index contributed by atoms with van der Waals surface area (Å²) in [7, 11) is 3.03. The molecule has 0 saturated heterocycles. The number of rotatable bonds is 8. The van der Waals surface area contributed by atoms with Crippen molar-refractivity contribution in [2.45, 2.75) is 31.7 Å². The molecule has 1 aliphatic rings. The van der Waals surface area contributed by atoms with Crippen molar-refractivity contribution in [3.05, 3.63) is 48.0 Å². The molecular formula is C22H26N2O5. The average molecular weight is 398 g/mol. The number of para-hydroxylation sites is 2. The van der Waals surface area contributed by atoms with Crippen molar-refractivity contribution in [1.29, 1.82) is 0 Å². The number of carbonyl (C=O) groups excluding carboxylic acids is 2. The summed E-state index contributed by atoms with van der Waals surface area (Å²) in [4.78, 5) is 24.7. The van der Waals surface area contributed by atoms with Gasteiger partial charge < -0.3 is 24.8 Å². The number of benzene rings is 2. The molecule has 3 rings (SSSR count). The van der Waals surface area contributed by atoms with Crippen LogP contribution in [0.25, 0.3) is 0 Å². The van der Waals surface area contributed by atoms with Crippen LogP contribution in [-0.4, -0.2) is 38.7 Å². The van der Waals surface area contributed by atoms with Crippen molar-refractivity contribution >= 4 is 17.5 Å². The standard InChI is InChI=1S/C22H26N2O5/c1-27-18-10-6-5-9-17(18)24-21(25)14-29-19-12-11-15(13-20(19)28-2)22(26)23-16-7-3-4-8-16/h5-6,9-13,16H,3-4,7-8,14H2,1-2H3,(H,23,26)(H,24,25). The molecule has 1 aliphatic carbocycles. The fourth-order valence-corrected chi connectivity index (χ4v) is 3.34. The maximum absolute atomic E-state index is 12.4. The molecule has 2 aromatic rings. The Hall–Kier alpha value is -3.22. The van der Waals surface area contributed by atoms with E-state index in [1.54, 1.807) is 36.4 Å². The lowest BCUT2D eigenvalue weighted by molar-refractivity contribution is -0.118. The maximum atomic E-state index is 12.4. The van der Waals surface area contributed by atoms with Gasteiger partial charge in [-0.15, -0.1) is 0 Å². The minimum Gasteiger partial charge on any atom is -0.495 e. The van der Waals surface area contributed by atoms with E-state index >= 15 is 0 Å². The highest BCUT2D eigenvalue weighted by atomic mass is 16.5. The average Bonchev–Trinajstić information content (AvgIpc) is 3.25. The first kappa shape index (κ1) is 20.5. The van der Waals surface area contributed by atoms with E-state index in [1.807, 2.05) is 6.07 Å². The molecule has 0 heterocycles. The molecule has 0 bridgehead atoms. The molecule has 0 spiro atoms. The second-order valence-corrected chi connectivity index (χ2v) is 6.86. The first-order valence-corrected chi connectivity index (χ1v) is 9.65. The summed E-state index contributed by atoms with van der Waals surface area (Å²) >= 11 is 0. The van der Waals surface area contributed by atoms with Crippen LogP contribution in [0.15, 0.2) is 42.5 Å². The monoisotopic (exact) mass is 398 g/mol. The van der Waals surface area contributed by atoms with Crippen LogP contribution in [0.1, 0.15) is 36.0 Å². The SMILES string of the molecule is COc1ccccc1NC(=O)COc1ccc(C(=O)NC2CCCC2)cc1OC. The van der Waals surface area contributed by atoms with Gasteiger partial charge in [-0.2, -0.15) is 0 Å². The number of hydrogen-bond acceptors (Lipinski definition) is 5. The molecule has 7 heteroatoms. The third kappa shape index (κ3) is 5.40. The molecule has 0 aliphatic heterocycles. The van der Waals surface area contributed by atoms with E-state index in [0.717, 1.165) is 25.7 Å². The molecule has 0 radical (unpaired) electrons. The van der Waals surface area contributed by atoms with Crippen molar-refractivity contribution in [2.75, 3.05) is 26.1 Å². The quantitative estimate of drug-likeness (QED) is 0.712. The van der Waals surface area contributed by atoms with Crippen molar-refractivity contribution in [1.82, 2.24) is 5.32 Å². The van der Waals surface area contributed by atoms with Gasteiger partial charge in [0.05, 0.1) is 19.9 Å². The number of carbonyl (C=O) groups is 2. The van der Waals surface area contributed by atoms with Crippen LogP contribution in [0.3, 0.4) is 0 Å². The molecule has 0 unspecified atom stereocenters. The Morgan fingerprint density at radius 3 is 2.41 bits per heavy atom. The summed E-state index contributed by atoms with van der Waals surface area (Å²) in [6, 6.07) is 12.3. The summed E-state index contributed by atoms with van der Waals surface area (Å²) < 4.78 is 16.1. The summed E-state index contributed by atoms with van der Waals surface area (Å²) in [6.45, 7) is -0.206. The van der Waals surface area contributed by atoms with Crippen LogP contribution < -0.4 is 24.8 Å². The van der Waals surface area contributed by atoms with E-state index in [-0.39, 0.29) is 24.5 Å². The minimum atomic E-state index is -0.334. The van der Waals surface area contributed by atoms with E-state index in [9.17, 15) is 9.59 Å². The summed E-state index contributed by atoms with van der Waals surface area (Å²) in [5.41, 5.74) is 1.06. The number of hydrogen-bond donors (Lipinski definition) is 2. The molecule has 0 atom stereocenters. The molecule has 2 N–H and O–H groups in total. The molecule has 0 aromatic heterocycles. The number of methoxy groups -OCH3 is 2. The van der Waals surface area contributed by atoms with Gasteiger partial charge in [-0.25, -0.2) is 0 Å². The van der Waals surface area contributed by atoms with Gasteiger partial charge in [0.2, 0.25) is 0 Å². The van der Waals surface area contributed by atoms with E-state index in [1.165, 1.54) is 14.2 Å². The van der Waals surface area contributed by atoms with Crippen LogP contribution in [0.4, 0.5) is 5.69 Å². The Morgan fingerprint density at radius 1 is 0.966 bits per heavy atom. The van der Waals surface area contributed by atoms with Gasteiger partial charge in [-0.05, 0) is 43.2 Å². The fraction of sp³-hybridized carbons (Fsp3) is 0.364. The maximum Gasteiger partial charge on any atom is 0.262 e. The second-order valence-electron chi connectivity index (χ2n) is 6.86. The third-order valence-electron chi connectivity index (χ3n) is 4.86. The fourth-order valence-electron chi connectivity index (χ4n) is 3.34. The molecule has 2 aromatic carbocycles. The number of ether oxygens (including phenoxy) is 3. The molecule has 29 heavy (non-hydrogen) atoms. The van der Waals surface area contributed by atoms with Crippen molar-refractivity contribution in [3.63, 3.8) is 0 Å². The highest BCUT2D eigenvalue weighted by Crippen LogP contribution is 2.29.